The third kappa shape index (κ3) is 2.89. The fourth-order valence-corrected chi connectivity index (χ4v) is 0.937. The van der Waals surface area contributed by atoms with Crippen molar-refractivity contribution >= 4 is 6.09 Å². The van der Waals surface area contributed by atoms with Crippen LogP contribution >= 0.6 is 0 Å². The molecule has 6 heteroatoms. The molecule has 0 aliphatic rings. The normalized spacial score (nSPS) is 9.57. The van der Waals surface area contributed by atoms with Gasteiger partial charge in [-0.05, 0) is 6.92 Å². The number of aromatic nitrogens is 2. The van der Waals surface area contributed by atoms with Crippen LogP contribution in [0.4, 0.5) is 4.79 Å². The highest BCUT2D eigenvalue weighted by Crippen LogP contribution is 2.07. The largest absolute Gasteiger partial charge is 0.481 e. The second kappa shape index (κ2) is 4.40. The molecule has 0 fully saturated rings. The molecule has 0 atom stereocenters. The summed E-state index contributed by atoms with van der Waals surface area (Å²) in [6.45, 7) is 1.86. The Morgan fingerprint density at radius 2 is 2.36 bits per heavy atom. The molecule has 0 aromatic carbocycles. The molecule has 0 aliphatic carbocycles. The standard InChI is InChI=1S/C8H11N3O3/c1-5-3-7(14-2)11-6(10-5)4-9-8(12)13/h3,9H,4H2,1-2H3,(H,12,13). The summed E-state index contributed by atoms with van der Waals surface area (Å²) in [5.74, 6) is 0.823. The summed E-state index contributed by atoms with van der Waals surface area (Å²) in [5, 5.41) is 10.5. The van der Waals surface area contributed by atoms with E-state index in [9.17, 15) is 4.79 Å². The van der Waals surface area contributed by atoms with Crippen LogP contribution < -0.4 is 10.1 Å². The maximum atomic E-state index is 10.2. The van der Waals surface area contributed by atoms with E-state index >= 15 is 0 Å². The Kier molecular flexibility index (Phi) is 3.22. The Bertz CT molecular complexity index is 341. The van der Waals surface area contributed by atoms with Crippen molar-refractivity contribution in [2.75, 3.05) is 7.11 Å². The second-order valence-electron chi connectivity index (χ2n) is 2.63. The van der Waals surface area contributed by atoms with E-state index in [1.165, 1.54) is 7.11 Å². The molecular weight excluding hydrogens is 186 g/mol. The van der Waals surface area contributed by atoms with Crippen LogP contribution in [0.3, 0.4) is 0 Å². The van der Waals surface area contributed by atoms with E-state index in [4.69, 9.17) is 9.84 Å². The number of amides is 1. The highest BCUT2D eigenvalue weighted by Gasteiger charge is 2.03. The number of rotatable bonds is 3. The first-order valence-corrected chi connectivity index (χ1v) is 3.97. The molecule has 1 heterocycles. The molecule has 0 unspecified atom stereocenters. The van der Waals surface area contributed by atoms with Gasteiger partial charge in [0.25, 0.3) is 0 Å². The van der Waals surface area contributed by atoms with E-state index in [1.54, 1.807) is 13.0 Å². The highest BCUT2D eigenvalue weighted by atomic mass is 16.5. The Morgan fingerprint density at radius 1 is 1.64 bits per heavy atom. The third-order valence-corrected chi connectivity index (χ3v) is 1.48. The van der Waals surface area contributed by atoms with Crippen LogP contribution in [0.2, 0.25) is 0 Å². The summed E-state index contributed by atoms with van der Waals surface area (Å²) >= 11 is 0. The average Bonchev–Trinajstić information content (AvgIpc) is 2.14. The summed E-state index contributed by atoms with van der Waals surface area (Å²) in [6.07, 6.45) is -1.10. The minimum atomic E-state index is -1.10. The summed E-state index contributed by atoms with van der Waals surface area (Å²) in [4.78, 5) is 18.2. The first-order chi connectivity index (χ1) is 6.61. The smallest absolute Gasteiger partial charge is 0.405 e. The van der Waals surface area contributed by atoms with Crippen LogP contribution in [-0.4, -0.2) is 28.3 Å². The number of carboxylic acid groups (broad SMARTS) is 1. The molecule has 1 amide bonds. The lowest BCUT2D eigenvalue weighted by Crippen LogP contribution is -2.21. The molecule has 0 bridgehead atoms. The zero-order chi connectivity index (χ0) is 10.6. The predicted octanol–water partition coefficient (Wildman–Crippen LogP) is 0.561. The number of carbonyl (C=O) groups is 1. The number of ether oxygens (including phenoxy) is 1. The van der Waals surface area contributed by atoms with Gasteiger partial charge in [0.1, 0.15) is 0 Å². The van der Waals surface area contributed by atoms with Gasteiger partial charge < -0.3 is 15.2 Å². The average molecular weight is 197 g/mol. The minimum Gasteiger partial charge on any atom is -0.481 e. The summed E-state index contributed by atoms with van der Waals surface area (Å²) in [5.41, 5.74) is 0.735. The Hall–Kier alpha value is -1.85. The molecule has 1 aromatic heterocycles. The molecule has 2 N–H and O–H groups in total. The molecule has 0 radical (unpaired) electrons. The van der Waals surface area contributed by atoms with Crippen LogP contribution in [0.1, 0.15) is 11.5 Å². The molecule has 1 rings (SSSR count). The topological polar surface area (TPSA) is 84.3 Å². The monoisotopic (exact) mass is 197 g/mol. The fraction of sp³-hybridized carbons (Fsp3) is 0.375. The number of aryl methyl sites for hydroxylation is 1. The van der Waals surface area contributed by atoms with Gasteiger partial charge in [0.2, 0.25) is 5.88 Å². The molecular formula is C8H11N3O3. The maximum absolute atomic E-state index is 10.2. The second-order valence-corrected chi connectivity index (χ2v) is 2.63. The SMILES string of the molecule is COc1cc(C)nc(CNC(=O)O)n1. The van der Waals surface area contributed by atoms with Crippen LogP contribution in [0.15, 0.2) is 6.07 Å². The number of nitrogens with zero attached hydrogens (tertiary/aromatic N) is 2. The van der Waals surface area contributed by atoms with Gasteiger partial charge in [0.15, 0.2) is 5.82 Å². The number of hydrogen-bond acceptors (Lipinski definition) is 4. The van der Waals surface area contributed by atoms with Crippen LogP contribution in [-0.2, 0) is 6.54 Å². The van der Waals surface area contributed by atoms with E-state index in [0.29, 0.717) is 11.7 Å². The van der Waals surface area contributed by atoms with Crippen molar-refractivity contribution in [3.63, 3.8) is 0 Å². The van der Waals surface area contributed by atoms with Crippen molar-refractivity contribution in [1.29, 1.82) is 0 Å². The van der Waals surface area contributed by atoms with Crippen molar-refractivity contribution in [3.8, 4) is 5.88 Å². The van der Waals surface area contributed by atoms with E-state index in [-0.39, 0.29) is 6.54 Å². The van der Waals surface area contributed by atoms with Crippen molar-refractivity contribution in [3.05, 3.63) is 17.6 Å². The maximum Gasteiger partial charge on any atom is 0.405 e. The van der Waals surface area contributed by atoms with Gasteiger partial charge in [-0.1, -0.05) is 0 Å². The van der Waals surface area contributed by atoms with E-state index in [1.807, 2.05) is 0 Å². The first-order valence-electron chi connectivity index (χ1n) is 3.97. The molecule has 76 valence electrons. The Morgan fingerprint density at radius 3 is 2.93 bits per heavy atom. The van der Waals surface area contributed by atoms with Crippen molar-refractivity contribution in [1.82, 2.24) is 15.3 Å². The highest BCUT2D eigenvalue weighted by molar-refractivity contribution is 5.64. The number of hydrogen-bond donors (Lipinski definition) is 2. The molecule has 0 spiro atoms. The van der Waals surface area contributed by atoms with Crippen LogP contribution in [0.25, 0.3) is 0 Å². The van der Waals surface area contributed by atoms with E-state index in [2.05, 4.69) is 15.3 Å². The third-order valence-electron chi connectivity index (χ3n) is 1.48. The van der Waals surface area contributed by atoms with Gasteiger partial charge in [0, 0.05) is 11.8 Å². The molecule has 0 saturated carbocycles. The number of methoxy groups -OCH3 is 1. The zero-order valence-electron chi connectivity index (χ0n) is 7.94. The van der Waals surface area contributed by atoms with Crippen molar-refractivity contribution < 1.29 is 14.6 Å². The Labute approximate surface area is 80.9 Å². The predicted molar refractivity (Wildman–Crippen MR) is 48.2 cm³/mol. The fourth-order valence-electron chi connectivity index (χ4n) is 0.937. The number of nitrogens with one attached hydrogen (secondary N) is 1. The van der Waals surface area contributed by atoms with Gasteiger partial charge >= 0.3 is 6.09 Å². The lowest BCUT2D eigenvalue weighted by atomic mass is 10.4. The summed E-state index contributed by atoms with van der Waals surface area (Å²) in [7, 11) is 1.50. The van der Waals surface area contributed by atoms with Gasteiger partial charge in [-0.25, -0.2) is 9.78 Å². The van der Waals surface area contributed by atoms with Crippen LogP contribution in [0.5, 0.6) is 5.88 Å². The summed E-state index contributed by atoms with van der Waals surface area (Å²) < 4.78 is 4.92. The van der Waals surface area contributed by atoms with Gasteiger partial charge in [0.05, 0.1) is 13.7 Å². The van der Waals surface area contributed by atoms with Gasteiger partial charge in [-0.15, -0.1) is 0 Å². The molecule has 1 aromatic rings. The van der Waals surface area contributed by atoms with E-state index in [0.717, 1.165) is 5.69 Å². The van der Waals surface area contributed by atoms with Crippen LogP contribution in [0, 0.1) is 6.92 Å². The molecule has 6 nitrogen and oxygen atoms in total. The quantitative estimate of drug-likeness (QED) is 0.739. The lowest BCUT2D eigenvalue weighted by molar-refractivity contribution is 0.193. The van der Waals surface area contributed by atoms with Crippen molar-refractivity contribution in [2.24, 2.45) is 0 Å². The first kappa shape index (κ1) is 10.2. The lowest BCUT2D eigenvalue weighted by Gasteiger charge is -2.04. The molecule has 14 heavy (non-hydrogen) atoms. The van der Waals surface area contributed by atoms with E-state index < -0.39 is 6.09 Å². The summed E-state index contributed by atoms with van der Waals surface area (Å²) in [6, 6.07) is 1.67. The molecule has 0 aliphatic heterocycles. The zero-order valence-corrected chi connectivity index (χ0v) is 7.94. The van der Waals surface area contributed by atoms with Gasteiger partial charge in [-0.3, -0.25) is 0 Å². The minimum absolute atomic E-state index is 0.0768. The Balaban J connectivity index is 2.76. The molecule has 0 saturated heterocycles. The van der Waals surface area contributed by atoms with Gasteiger partial charge in [-0.2, -0.15) is 4.98 Å². The van der Waals surface area contributed by atoms with Crippen molar-refractivity contribution in [2.45, 2.75) is 13.5 Å².